The second kappa shape index (κ2) is 20.8. The average molecular weight is 804 g/mol. The SMILES string of the molecule is CC[C@H](C)[C@@H]([C@@H](CC(=O)N1CCC[C@H]1[C@H](OC)[C@@H](C)C(=O)N[C@H](CCc1ccccc1)c1ncccn1)OC)N(C)C(=O)[C@@H](NC(=O)[C@@H]1[C@H]2CC[C@H](C2)N1C)C(C)C. The molecule has 1 saturated carbocycles. The second-order valence-electron chi connectivity index (χ2n) is 17.3. The first-order valence-electron chi connectivity index (χ1n) is 21.6. The number of carbonyl (C=O) groups excluding carboxylic acids is 4. The number of rotatable bonds is 20. The third-order valence-corrected chi connectivity index (χ3v) is 13.4. The lowest BCUT2D eigenvalue weighted by atomic mass is 9.89. The van der Waals surface area contributed by atoms with Crippen molar-refractivity contribution in [3.63, 3.8) is 0 Å². The minimum Gasteiger partial charge on any atom is -0.379 e. The van der Waals surface area contributed by atoms with Gasteiger partial charge in [0.15, 0.2) is 0 Å². The molecule has 11 atom stereocenters. The van der Waals surface area contributed by atoms with E-state index in [4.69, 9.17) is 9.47 Å². The van der Waals surface area contributed by atoms with E-state index in [1.165, 1.54) is 0 Å². The fraction of sp³-hybridized carbons (Fsp3) is 0.689. The van der Waals surface area contributed by atoms with Gasteiger partial charge in [-0.25, -0.2) is 9.97 Å². The number of nitrogens with one attached hydrogen (secondary N) is 2. The molecule has 2 aromatic rings. The summed E-state index contributed by atoms with van der Waals surface area (Å²) >= 11 is 0. The summed E-state index contributed by atoms with van der Waals surface area (Å²) in [5.41, 5.74) is 1.16. The van der Waals surface area contributed by atoms with Gasteiger partial charge in [-0.2, -0.15) is 0 Å². The molecule has 2 N–H and O–H groups in total. The number of amides is 4. The number of hydrogen-bond donors (Lipinski definition) is 2. The summed E-state index contributed by atoms with van der Waals surface area (Å²) in [7, 11) is 6.98. The van der Waals surface area contributed by atoms with E-state index in [0.29, 0.717) is 37.2 Å². The van der Waals surface area contributed by atoms with Crippen molar-refractivity contribution in [3.8, 4) is 0 Å². The summed E-state index contributed by atoms with van der Waals surface area (Å²) in [6.45, 7) is 10.4. The number of piperidine rings is 1. The standard InChI is InChI=1S/C45H69N7O6/c1-10-29(4)39(51(7)45(56)38(28(2)3)49-44(55)40-32-20-21-33(26-32)50(40)6)36(57-8)27-37(53)52-25-14-18-35(52)41(58-9)30(5)43(54)48-34(42-46-23-15-24-47-42)22-19-31-16-12-11-13-17-31/h11-13,15-17,23-24,28-30,32-36,38-41H,10,14,18-22,25-27H2,1-9H3,(H,48,54)(H,49,55)/t29-,30+,32-,33+,34+,35-,36+,38-,39-,40-,41+/m0/s1. The number of aryl methyl sites for hydroxylation is 1. The van der Waals surface area contributed by atoms with Crippen LogP contribution < -0.4 is 10.6 Å². The Morgan fingerprint density at radius 1 is 0.948 bits per heavy atom. The Balaban J connectivity index is 1.26. The molecule has 0 spiro atoms. The van der Waals surface area contributed by atoms with Crippen LogP contribution in [0.2, 0.25) is 0 Å². The third-order valence-electron chi connectivity index (χ3n) is 13.4. The average Bonchev–Trinajstić information content (AvgIpc) is 3.99. The van der Waals surface area contributed by atoms with E-state index in [0.717, 1.165) is 44.1 Å². The van der Waals surface area contributed by atoms with Crippen LogP contribution in [-0.2, 0) is 35.1 Å². The van der Waals surface area contributed by atoms with Crippen molar-refractivity contribution in [2.24, 2.45) is 23.7 Å². The first kappa shape index (κ1) is 45.1. The number of carbonyl (C=O) groups is 4. The summed E-state index contributed by atoms with van der Waals surface area (Å²) in [6.07, 6.45) is 9.04. The lowest BCUT2D eigenvalue weighted by molar-refractivity contribution is -0.148. The highest BCUT2D eigenvalue weighted by Crippen LogP contribution is 2.41. The number of benzene rings is 1. The Labute approximate surface area is 346 Å². The molecular formula is C45H69N7O6. The molecule has 2 saturated heterocycles. The third kappa shape index (κ3) is 10.4. The van der Waals surface area contributed by atoms with Crippen LogP contribution >= 0.6 is 0 Å². The van der Waals surface area contributed by atoms with E-state index in [9.17, 15) is 19.2 Å². The molecule has 13 heteroatoms. The van der Waals surface area contributed by atoms with Gasteiger partial charge in [0.25, 0.3) is 0 Å². The quantitative estimate of drug-likeness (QED) is 0.193. The number of fused-ring (bicyclic) bond motifs is 2. The van der Waals surface area contributed by atoms with Crippen LogP contribution in [-0.4, -0.2) is 126 Å². The Bertz CT molecular complexity index is 1650. The van der Waals surface area contributed by atoms with E-state index in [2.05, 4.69) is 51.5 Å². The molecule has 3 aliphatic rings. The largest absolute Gasteiger partial charge is 0.379 e. The van der Waals surface area contributed by atoms with Gasteiger partial charge in [0.2, 0.25) is 23.6 Å². The zero-order chi connectivity index (χ0) is 42.1. The highest BCUT2D eigenvalue weighted by Gasteiger charge is 2.49. The lowest BCUT2D eigenvalue weighted by Gasteiger charge is -2.41. The zero-order valence-electron chi connectivity index (χ0n) is 36.3. The fourth-order valence-electron chi connectivity index (χ4n) is 9.90. The molecule has 5 rings (SSSR count). The van der Waals surface area contributed by atoms with Crippen LogP contribution in [0.5, 0.6) is 0 Å². The molecule has 2 bridgehead atoms. The summed E-state index contributed by atoms with van der Waals surface area (Å²) < 4.78 is 12.1. The van der Waals surface area contributed by atoms with Crippen molar-refractivity contribution in [2.45, 2.75) is 141 Å². The molecule has 4 amide bonds. The van der Waals surface area contributed by atoms with Crippen LogP contribution in [0.25, 0.3) is 0 Å². The molecule has 320 valence electrons. The highest BCUT2D eigenvalue weighted by molar-refractivity contribution is 5.90. The number of likely N-dealkylation sites (N-methyl/N-ethyl adjacent to an activating group) is 2. The zero-order valence-corrected chi connectivity index (χ0v) is 36.3. The molecule has 1 aromatic carbocycles. The maximum Gasteiger partial charge on any atom is 0.245 e. The Morgan fingerprint density at radius 2 is 1.66 bits per heavy atom. The number of hydrogen-bond acceptors (Lipinski definition) is 9. The van der Waals surface area contributed by atoms with Gasteiger partial charge in [-0.15, -0.1) is 0 Å². The van der Waals surface area contributed by atoms with Crippen LogP contribution in [0.15, 0.2) is 48.8 Å². The molecule has 0 unspecified atom stereocenters. The monoisotopic (exact) mass is 804 g/mol. The molecule has 3 heterocycles. The van der Waals surface area contributed by atoms with Crippen LogP contribution in [0.1, 0.15) is 103 Å². The summed E-state index contributed by atoms with van der Waals surface area (Å²) in [5, 5.41) is 6.35. The molecule has 3 fully saturated rings. The number of ether oxygens (including phenoxy) is 2. The van der Waals surface area contributed by atoms with Crippen LogP contribution in [0, 0.1) is 23.7 Å². The van der Waals surface area contributed by atoms with Crippen molar-refractivity contribution in [2.75, 3.05) is 34.9 Å². The van der Waals surface area contributed by atoms with Gasteiger partial charge in [-0.05, 0) is 81.4 Å². The fourth-order valence-corrected chi connectivity index (χ4v) is 9.90. The van der Waals surface area contributed by atoms with Gasteiger partial charge in [0, 0.05) is 46.2 Å². The molecule has 1 aromatic heterocycles. The van der Waals surface area contributed by atoms with Gasteiger partial charge in [-0.1, -0.05) is 71.4 Å². The number of aromatic nitrogens is 2. The predicted molar refractivity (Wildman–Crippen MR) is 223 cm³/mol. The first-order chi connectivity index (χ1) is 27.8. The Hall–Kier alpha value is -3.94. The van der Waals surface area contributed by atoms with Crippen molar-refractivity contribution < 1.29 is 28.7 Å². The normalized spacial score (nSPS) is 24.1. The number of methoxy groups -OCH3 is 2. The minimum atomic E-state index is -0.714. The van der Waals surface area contributed by atoms with Gasteiger partial charge < -0.3 is 29.9 Å². The first-order valence-corrected chi connectivity index (χ1v) is 21.6. The summed E-state index contributed by atoms with van der Waals surface area (Å²) in [5.74, 6) is -0.419. The maximum absolute atomic E-state index is 14.4. The van der Waals surface area contributed by atoms with Gasteiger partial charge in [-0.3, -0.25) is 24.1 Å². The maximum atomic E-state index is 14.4. The number of nitrogens with zero attached hydrogens (tertiary/aromatic N) is 5. The van der Waals surface area contributed by atoms with Crippen molar-refractivity contribution in [3.05, 3.63) is 60.2 Å². The smallest absolute Gasteiger partial charge is 0.245 e. The van der Waals surface area contributed by atoms with E-state index < -0.39 is 36.3 Å². The van der Waals surface area contributed by atoms with Crippen LogP contribution in [0.3, 0.4) is 0 Å². The summed E-state index contributed by atoms with van der Waals surface area (Å²) in [6, 6.07) is 10.2. The highest BCUT2D eigenvalue weighted by atomic mass is 16.5. The van der Waals surface area contributed by atoms with E-state index in [1.807, 2.05) is 50.9 Å². The lowest BCUT2D eigenvalue weighted by Crippen LogP contribution is -2.60. The van der Waals surface area contributed by atoms with Crippen molar-refractivity contribution >= 4 is 23.6 Å². The molecule has 13 nitrogen and oxygen atoms in total. The van der Waals surface area contributed by atoms with E-state index in [1.54, 1.807) is 44.6 Å². The second-order valence-corrected chi connectivity index (χ2v) is 17.3. The summed E-state index contributed by atoms with van der Waals surface area (Å²) in [4.78, 5) is 71.1. The topological polar surface area (TPSA) is 146 Å². The molecule has 1 aliphatic carbocycles. The molecular weight excluding hydrogens is 735 g/mol. The number of likely N-dealkylation sites (tertiary alicyclic amines) is 2. The predicted octanol–water partition coefficient (Wildman–Crippen LogP) is 4.81. The van der Waals surface area contributed by atoms with E-state index in [-0.39, 0.29) is 54.0 Å². The van der Waals surface area contributed by atoms with Crippen molar-refractivity contribution in [1.82, 2.24) is 35.3 Å². The molecule has 2 aliphatic heterocycles. The Morgan fingerprint density at radius 3 is 2.26 bits per heavy atom. The van der Waals surface area contributed by atoms with E-state index >= 15 is 0 Å². The molecule has 0 radical (unpaired) electrons. The minimum absolute atomic E-state index is 0.000149. The van der Waals surface area contributed by atoms with Gasteiger partial charge >= 0.3 is 0 Å². The Kier molecular flexibility index (Phi) is 16.2. The molecule has 58 heavy (non-hydrogen) atoms. The van der Waals surface area contributed by atoms with Crippen LogP contribution in [0.4, 0.5) is 0 Å². The van der Waals surface area contributed by atoms with Gasteiger partial charge in [0.05, 0.1) is 48.7 Å². The van der Waals surface area contributed by atoms with Crippen molar-refractivity contribution in [1.29, 1.82) is 0 Å². The van der Waals surface area contributed by atoms with Gasteiger partial charge in [0.1, 0.15) is 11.9 Å².